The Morgan fingerprint density at radius 1 is 1.05 bits per heavy atom. The molecule has 1 aromatic carbocycles. The number of nitrogens with one attached hydrogen (secondary N) is 1. The lowest BCUT2D eigenvalue weighted by molar-refractivity contribution is 0.490. The predicted molar refractivity (Wildman–Crippen MR) is 83.8 cm³/mol. The van der Waals surface area contributed by atoms with Crippen molar-refractivity contribution in [2.45, 2.75) is 46.7 Å². The monoisotopic (exact) mass is 271 g/mol. The van der Waals surface area contributed by atoms with Gasteiger partial charge in [-0.25, -0.2) is 0 Å². The number of hydrogen-bond acceptors (Lipinski definition) is 2. The zero-order valence-electron chi connectivity index (χ0n) is 13.4. The molecule has 0 spiro atoms. The zero-order chi connectivity index (χ0) is 14.9. The molecular weight excluding hydrogens is 246 g/mol. The molecule has 2 aromatic rings. The maximum atomic E-state index is 4.51. The van der Waals surface area contributed by atoms with Crippen LogP contribution in [0.5, 0.6) is 0 Å². The van der Waals surface area contributed by atoms with Crippen LogP contribution in [-0.4, -0.2) is 9.78 Å². The summed E-state index contributed by atoms with van der Waals surface area (Å²) < 4.78 is 1.96. The van der Waals surface area contributed by atoms with E-state index in [0.29, 0.717) is 12.1 Å². The van der Waals surface area contributed by atoms with Crippen LogP contribution in [0.3, 0.4) is 0 Å². The van der Waals surface area contributed by atoms with E-state index in [1.807, 2.05) is 11.7 Å². The number of nitrogens with zero attached hydrogens (tertiary/aromatic N) is 2. The van der Waals surface area contributed by atoms with Gasteiger partial charge in [0, 0.05) is 30.4 Å². The minimum atomic E-state index is 0.290. The summed E-state index contributed by atoms with van der Waals surface area (Å²) in [6.45, 7) is 10.8. The van der Waals surface area contributed by atoms with E-state index in [-0.39, 0.29) is 0 Å². The second-order valence-electron chi connectivity index (χ2n) is 5.67. The van der Waals surface area contributed by atoms with Crippen molar-refractivity contribution in [1.29, 1.82) is 0 Å². The van der Waals surface area contributed by atoms with Crippen LogP contribution >= 0.6 is 0 Å². The second kappa shape index (κ2) is 5.80. The van der Waals surface area contributed by atoms with Crippen molar-refractivity contribution in [2.24, 2.45) is 7.05 Å². The lowest BCUT2D eigenvalue weighted by Gasteiger charge is -2.22. The summed E-state index contributed by atoms with van der Waals surface area (Å²) in [6, 6.07) is 9.17. The number of hydrogen-bond donors (Lipinski definition) is 1. The Labute approximate surface area is 122 Å². The van der Waals surface area contributed by atoms with Gasteiger partial charge in [0.1, 0.15) is 0 Å². The Bertz CT molecular complexity index is 598. The minimum Gasteiger partial charge on any atom is -0.304 e. The van der Waals surface area contributed by atoms with E-state index in [9.17, 15) is 0 Å². The molecule has 3 nitrogen and oxygen atoms in total. The number of rotatable bonds is 4. The molecule has 0 saturated heterocycles. The first-order valence-corrected chi connectivity index (χ1v) is 7.23. The lowest BCUT2D eigenvalue weighted by Crippen LogP contribution is -2.24. The quantitative estimate of drug-likeness (QED) is 0.917. The van der Waals surface area contributed by atoms with Crippen molar-refractivity contribution < 1.29 is 0 Å². The lowest BCUT2D eigenvalue weighted by atomic mass is 10.00. The van der Waals surface area contributed by atoms with Crippen LogP contribution in [0.15, 0.2) is 24.3 Å². The topological polar surface area (TPSA) is 29.9 Å². The van der Waals surface area contributed by atoms with Gasteiger partial charge in [-0.2, -0.15) is 5.10 Å². The molecule has 0 saturated carbocycles. The van der Waals surface area contributed by atoms with E-state index >= 15 is 0 Å². The molecule has 3 heteroatoms. The molecular formula is C17H25N3. The van der Waals surface area contributed by atoms with Crippen LogP contribution in [0.25, 0.3) is 0 Å². The second-order valence-corrected chi connectivity index (χ2v) is 5.67. The zero-order valence-corrected chi connectivity index (χ0v) is 13.4. The molecule has 1 N–H and O–H groups in total. The highest BCUT2D eigenvalue weighted by atomic mass is 15.3. The summed E-state index contributed by atoms with van der Waals surface area (Å²) in [7, 11) is 2.00. The van der Waals surface area contributed by atoms with Crippen molar-refractivity contribution in [3.05, 3.63) is 52.3 Å². The maximum Gasteiger partial charge on any atom is 0.0644 e. The van der Waals surface area contributed by atoms with Crippen LogP contribution < -0.4 is 5.32 Å². The van der Waals surface area contributed by atoms with Gasteiger partial charge in [-0.1, -0.05) is 24.3 Å². The van der Waals surface area contributed by atoms with E-state index in [1.165, 1.54) is 22.4 Å². The third-order valence-electron chi connectivity index (χ3n) is 4.15. The van der Waals surface area contributed by atoms with Gasteiger partial charge in [-0.15, -0.1) is 0 Å². The Morgan fingerprint density at radius 2 is 1.70 bits per heavy atom. The van der Waals surface area contributed by atoms with Gasteiger partial charge in [0.2, 0.25) is 0 Å². The first kappa shape index (κ1) is 14.8. The largest absolute Gasteiger partial charge is 0.304 e. The van der Waals surface area contributed by atoms with Crippen LogP contribution in [0, 0.1) is 20.8 Å². The smallest absolute Gasteiger partial charge is 0.0644 e. The molecule has 0 fully saturated rings. The molecule has 2 rings (SSSR count). The minimum absolute atomic E-state index is 0.290. The highest BCUT2D eigenvalue weighted by molar-refractivity contribution is 5.31. The van der Waals surface area contributed by atoms with Gasteiger partial charge in [0.25, 0.3) is 0 Å². The molecule has 20 heavy (non-hydrogen) atoms. The molecule has 0 aliphatic carbocycles. The Balaban J connectivity index is 2.19. The molecule has 0 aliphatic rings. The fourth-order valence-electron chi connectivity index (χ4n) is 3.04. The van der Waals surface area contributed by atoms with Gasteiger partial charge in [0.05, 0.1) is 5.69 Å². The van der Waals surface area contributed by atoms with Crippen molar-refractivity contribution in [2.75, 3.05) is 0 Å². The van der Waals surface area contributed by atoms with Crippen molar-refractivity contribution in [3.63, 3.8) is 0 Å². The maximum absolute atomic E-state index is 4.51. The summed E-state index contributed by atoms with van der Waals surface area (Å²) in [5.41, 5.74) is 6.35. The van der Waals surface area contributed by atoms with E-state index in [0.717, 1.165) is 5.69 Å². The molecule has 108 valence electrons. The van der Waals surface area contributed by atoms with E-state index in [4.69, 9.17) is 0 Å². The van der Waals surface area contributed by atoms with Gasteiger partial charge in [-0.3, -0.25) is 4.68 Å². The molecule has 0 radical (unpaired) electrons. The number of benzene rings is 1. The molecule has 1 aromatic heterocycles. The molecule has 1 unspecified atom stereocenters. The van der Waals surface area contributed by atoms with Gasteiger partial charge >= 0.3 is 0 Å². The Kier molecular flexibility index (Phi) is 4.29. The van der Waals surface area contributed by atoms with Crippen LogP contribution in [0.1, 0.15) is 54.0 Å². The normalized spacial score (nSPS) is 14.3. The fraction of sp³-hybridized carbons (Fsp3) is 0.471. The molecule has 1 heterocycles. The third kappa shape index (κ3) is 2.78. The fourth-order valence-corrected chi connectivity index (χ4v) is 3.04. The van der Waals surface area contributed by atoms with Crippen molar-refractivity contribution in [1.82, 2.24) is 15.1 Å². The summed E-state index contributed by atoms with van der Waals surface area (Å²) in [5, 5.41) is 8.20. The third-order valence-corrected chi connectivity index (χ3v) is 4.15. The summed E-state index contributed by atoms with van der Waals surface area (Å²) in [5.74, 6) is 0. The molecule has 0 amide bonds. The van der Waals surface area contributed by atoms with Crippen LogP contribution in [-0.2, 0) is 7.05 Å². The van der Waals surface area contributed by atoms with E-state index in [1.54, 1.807) is 0 Å². The van der Waals surface area contributed by atoms with Crippen molar-refractivity contribution in [3.8, 4) is 0 Å². The average Bonchev–Trinajstić information content (AvgIpc) is 2.63. The highest BCUT2D eigenvalue weighted by Gasteiger charge is 2.18. The predicted octanol–water partition coefficient (Wildman–Crippen LogP) is 3.76. The summed E-state index contributed by atoms with van der Waals surface area (Å²) in [6.07, 6.45) is 0. The van der Waals surface area contributed by atoms with E-state index < -0.39 is 0 Å². The van der Waals surface area contributed by atoms with Gasteiger partial charge < -0.3 is 5.32 Å². The summed E-state index contributed by atoms with van der Waals surface area (Å²) >= 11 is 0. The van der Waals surface area contributed by atoms with Crippen LogP contribution in [0.2, 0.25) is 0 Å². The van der Waals surface area contributed by atoms with Crippen LogP contribution in [0.4, 0.5) is 0 Å². The first-order valence-electron chi connectivity index (χ1n) is 7.23. The Hall–Kier alpha value is -1.61. The standard InChI is InChI=1S/C17H25N3/c1-11-9-7-8-10-16(11)12(2)18-13(3)17-14(4)19-20(6)15(17)5/h7-10,12-13,18H,1-6H3/t12-,13?/m1/s1. The number of aromatic nitrogens is 2. The number of aryl methyl sites for hydroxylation is 3. The van der Waals surface area contributed by atoms with Gasteiger partial charge in [-0.05, 0) is 45.7 Å². The highest BCUT2D eigenvalue weighted by Crippen LogP contribution is 2.25. The first-order chi connectivity index (χ1) is 9.41. The Morgan fingerprint density at radius 3 is 2.25 bits per heavy atom. The van der Waals surface area contributed by atoms with E-state index in [2.05, 4.69) is 69.3 Å². The average molecular weight is 271 g/mol. The van der Waals surface area contributed by atoms with Crippen molar-refractivity contribution >= 4 is 0 Å². The molecule has 2 atom stereocenters. The molecule has 0 bridgehead atoms. The molecule has 0 aliphatic heterocycles. The van der Waals surface area contributed by atoms with Gasteiger partial charge in [0.15, 0.2) is 0 Å². The SMILES string of the molecule is Cc1ccccc1[C@@H](C)NC(C)c1c(C)nn(C)c1C. The summed E-state index contributed by atoms with van der Waals surface area (Å²) in [4.78, 5) is 0.